The molecule has 2 aromatic rings. The monoisotopic (exact) mass is 181 g/mol. The number of nitrogens with zero attached hydrogens (tertiary/aromatic N) is 2. The fourth-order valence-corrected chi connectivity index (χ4v) is 1.52. The van der Waals surface area contributed by atoms with E-state index in [-0.39, 0.29) is 0 Å². The van der Waals surface area contributed by atoms with Crippen molar-refractivity contribution in [2.75, 3.05) is 0 Å². The molecule has 0 aliphatic heterocycles. The highest BCUT2D eigenvalue weighted by Gasteiger charge is 2.06. The summed E-state index contributed by atoms with van der Waals surface area (Å²) in [5.41, 5.74) is 5.39. The van der Waals surface area contributed by atoms with Gasteiger partial charge in [0.25, 0.3) is 0 Å². The van der Waals surface area contributed by atoms with E-state index < -0.39 is 0 Å². The van der Waals surface area contributed by atoms with E-state index in [0.717, 1.165) is 15.8 Å². The smallest absolute Gasteiger partial charge is 0.183 e. The van der Waals surface area contributed by atoms with Gasteiger partial charge in [-0.05, 0) is 12.1 Å². The molecule has 0 saturated heterocycles. The zero-order valence-corrected chi connectivity index (χ0v) is 7.04. The van der Waals surface area contributed by atoms with Crippen LogP contribution in [-0.4, -0.2) is 10.2 Å². The van der Waals surface area contributed by atoms with Crippen molar-refractivity contribution < 1.29 is 4.42 Å². The van der Waals surface area contributed by atoms with Crippen molar-refractivity contribution in [1.29, 1.82) is 0 Å². The van der Waals surface area contributed by atoms with E-state index in [4.69, 9.17) is 10.2 Å². The quantitative estimate of drug-likeness (QED) is 0.757. The zero-order chi connectivity index (χ0) is 8.39. The van der Waals surface area contributed by atoms with E-state index in [9.17, 15) is 0 Å². The summed E-state index contributed by atoms with van der Waals surface area (Å²) in [7, 11) is 0. The third-order valence-corrected chi connectivity index (χ3v) is 2.33. The van der Waals surface area contributed by atoms with Crippen LogP contribution in [0.25, 0.3) is 10.8 Å². The molecule has 0 aliphatic rings. The molecular weight excluding hydrogens is 174 g/mol. The maximum absolute atomic E-state index is 5.39. The first-order valence-corrected chi connectivity index (χ1v) is 4.28. The van der Waals surface area contributed by atoms with Crippen LogP contribution in [0.15, 0.2) is 22.8 Å². The molecule has 0 bridgehead atoms. The predicted molar refractivity (Wildman–Crippen MR) is 45.5 cm³/mol. The maximum atomic E-state index is 5.39. The van der Waals surface area contributed by atoms with Crippen molar-refractivity contribution in [3.63, 3.8) is 0 Å². The molecule has 0 aromatic carbocycles. The molecule has 5 heteroatoms. The standard InChI is InChI=1S/C7H7N3OS/c8-4-6-9-10-7(12-6)5-2-1-3-11-5/h1-3H,4,8H2. The SMILES string of the molecule is NCc1nnc(-c2ccco2)s1. The van der Waals surface area contributed by atoms with Gasteiger partial charge in [0.05, 0.1) is 6.26 Å². The van der Waals surface area contributed by atoms with Gasteiger partial charge in [-0.3, -0.25) is 0 Å². The van der Waals surface area contributed by atoms with Gasteiger partial charge in [-0.15, -0.1) is 10.2 Å². The number of nitrogens with two attached hydrogens (primary N) is 1. The number of furan rings is 1. The lowest BCUT2D eigenvalue weighted by atomic mass is 10.5. The maximum Gasteiger partial charge on any atom is 0.183 e. The second-order valence-corrected chi connectivity index (χ2v) is 3.24. The second kappa shape index (κ2) is 3.04. The van der Waals surface area contributed by atoms with Crippen LogP contribution >= 0.6 is 11.3 Å². The van der Waals surface area contributed by atoms with Crippen molar-refractivity contribution in [1.82, 2.24) is 10.2 Å². The lowest BCUT2D eigenvalue weighted by Gasteiger charge is -1.83. The van der Waals surface area contributed by atoms with Gasteiger partial charge in [0, 0.05) is 6.54 Å². The van der Waals surface area contributed by atoms with E-state index in [0.29, 0.717) is 6.54 Å². The molecule has 0 aliphatic carbocycles. The minimum Gasteiger partial charge on any atom is -0.462 e. The third-order valence-electron chi connectivity index (χ3n) is 1.37. The van der Waals surface area contributed by atoms with E-state index in [1.807, 2.05) is 12.1 Å². The van der Waals surface area contributed by atoms with Gasteiger partial charge in [0.15, 0.2) is 10.8 Å². The Labute approximate surface area is 73.0 Å². The highest BCUT2D eigenvalue weighted by Crippen LogP contribution is 2.22. The highest BCUT2D eigenvalue weighted by atomic mass is 32.1. The van der Waals surface area contributed by atoms with E-state index in [2.05, 4.69) is 10.2 Å². The molecule has 2 aromatic heterocycles. The summed E-state index contributed by atoms with van der Waals surface area (Å²) in [5.74, 6) is 0.743. The Morgan fingerprint density at radius 3 is 3.00 bits per heavy atom. The van der Waals surface area contributed by atoms with Crippen molar-refractivity contribution >= 4 is 11.3 Å². The molecular formula is C7H7N3OS. The predicted octanol–water partition coefficient (Wildman–Crippen LogP) is 1.26. The lowest BCUT2D eigenvalue weighted by Crippen LogP contribution is -1.94. The topological polar surface area (TPSA) is 64.9 Å². The van der Waals surface area contributed by atoms with E-state index in [1.165, 1.54) is 11.3 Å². The van der Waals surface area contributed by atoms with Gasteiger partial charge < -0.3 is 10.2 Å². The summed E-state index contributed by atoms with van der Waals surface area (Å²) in [5, 5.41) is 9.40. The molecule has 2 heterocycles. The first kappa shape index (κ1) is 7.45. The number of aromatic nitrogens is 2. The van der Waals surface area contributed by atoms with Crippen molar-refractivity contribution in [2.24, 2.45) is 5.73 Å². The molecule has 0 saturated carbocycles. The second-order valence-electron chi connectivity index (χ2n) is 2.18. The van der Waals surface area contributed by atoms with Crippen LogP contribution in [0.2, 0.25) is 0 Å². The van der Waals surface area contributed by atoms with Crippen LogP contribution in [0, 0.1) is 0 Å². The summed E-state index contributed by atoms with van der Waals surface area (Å²) in [6.07, 6.45) is 1.61. The Kier molecular flexibility index (Phi) is 1.89. The van der Waals surface area contributed by atoms with Crippen molar-refractivity contribution in [2.45, 2.75) is 6.54 Å². The average molecular weight is 181 g/mol. The minimum atomic E-state index is 0.429. The molecule has 12 heavy (non-hydrogen) atoms. The number of hydrogen-bond acceptors (Lipinski definition) is 5. The molecule has 0 radical (unpaired) electrons. The Balaban J connectivity index is 2.35. The van der Waals surface area contributed by atoms with Gasteiger partial charge in [-0.1, -0.05) is 11.3 Å². The van der Waals surface area contributed by atoms with E-state index in [1.54, 1.807) is 6.26 Å². The van der Waals surface area contributed by atoms with Crippen LogP contribution < -0.4 is 5.73 Å². The van der Waals surface area contributed by atoms with Crippen molar-refractivity contribution in [3.05, 3.63) is 23.4 Å². The van der Waals surface area contributed by atoms with E-state index >= 15 is 0 Å². The molecule has 0 atom stereocenters. The summed E-state index contributed by atoms with van der Waals surface area (Å²) in [4.78, 5) is 0. The Morgan fingerprint density at radius 1 is 1.50 bits per heavy atom. The summed E-state index contributed by atoms with van der Waals surface area (Å²) < 4.78 is 5.14. The fraction of sp³-hybridized carbons (Fsp3) is 0.143. The number of hydrogen-bond donors (Lipinski definition) is 1. The van der Waals surface area contributed by atoms with Crippen LogP contribution in [0.5, 0.6) is 0 Å². The summed E-state index contributed by atoms with van der Waals surface area (Å²) in [6, 6.07) is 3.67. The molecule has 0 unspecified atom stereocenters. The normalized spacial score (nSPS) is 10.4. The van der Waals surface area contributed by atoms with Crippen LogP contribution in [0.4, 0.5) is 0 Å². The summed E-state index contributed by atoms with van der Waals surface area (Å²) in [6.45, 7) is 0.429. The Hall–Kier alpha value is -1.20. The van der Waals surface area contributed by atoms with Gasteiger partial charge in [-0.2, -0.15) is 0 Å². The van der Waals surface area contributed by atoms with Crippen LogP contribution in [0.1, 0.15) is 5.01 Å². The van der Waals surface area contributed by atoms with Gasteiger partial charge in [0.1, 0.15) is 5.01 Å². The molecule has 2 rings (SSSR count). The van der Waals surface area contributed by atoms with Crippen molar-refractivity contribution in [3.8, 4) is 10.8 Å². The first-order chi connectivity index (χ1) is 5.90. The lowest BCUT2D eigenvalue weighted by molar-refractivity contribution is 0.581. The Bertz CT molecular complexity index is 354. The molecule has 0 amide bonds. The molecule has 4 nitrogen and oxygen atoms in total. The van der Waals surface area contributed by atoms with Gasteiger partial charge in [0.2, 0.25) is 0 Å². The highest BCUT2D eigenvalue weighted by molar-refractivity contribution is 7.14. The molecule has 0 fully saturated rings. The number of rotatable bonds is 2. The van der Waals surface area contributed by atoms with Crippen LogP contribution in [0.3, 0.4) is 0 Å². The van der Waals surface area contributed by atoms with Gasteiger partial charge in [-0.25, -0.2) is 0 Å². The van der Waals surface area contributed by atoms with Crippen LogP contribution in [-0.2, 0) is 6.54 Å². The molecule has 62 valence electrons. The first-order valence-electron chi connectivity index (χ1n) is 3.46. The minimum absolute atomic E-state index is 0.429. The fourth-order valence-electron chi connectivity index (χ4n) is 0.836. The zero-order valence-electron chi connectivity index (χ0n) is 6.23. The molecule has 2 N–H and O–H groups in total. The Morgan fingerprint density at radius 2 is 2.42 bits per heavy atom. The largest absolute Gasteiger partial charge is 0.462 e. The van der Waals surface area contributed by atoms with Gasteiger partial charge >= 0.3 is 0 Å². The summed E-state index contributed by atoms with van der Waals surface area (Å²) >= 11 is 1.45. The molecule has 0 spiro atoms. The average Bonchev–Trinajstić information content (AvgIpc) is 2.75. The third kappa shape index (κ3) is 1.24.